The lowest BCUT2D eigenvalue weighted by Crippen LogP contribution is -2.30. The van der Waals surface area contributed by atoms with Crippen molar-refractivity contribution in [3.63, 3.8) is 0 Å². The second-order valence-electron chi connectivity index (χ2n) is 4.88. The predicted octanol–water partition coefficient (Wildman–Crippen LogP) is 1.91. The van der Waals surface area contributed by atoms with Gasteiger partial charge in [-0.3, -0.25) is 9.89 Å². The molecule has 2 aromatic heterocycles. The Morgan fingerprint density at radius 3 is 2.84 bits per heavy atom. The topological polar surface area (TPSA) is 73.9 Å². The number of aromatic nitrogens is 3. The molecule has 19 heavy (non-hydrogen) atoms. The Hall–Kier alpha value is -2.11. The molecule has 6 nitrogen and oxygen atoms in total. The lowest BCUT2D eigenvalue weighted by molar-refractivity contribution is -0.114. The van der Waals surface area contributed by atoms with Gasteiger partial charge in [-0.05, 0) is 19.3 Å². The lowest BCUT2D eigenvalue weighted by Gasteiger charge is -2.30. The Kier molecular flexibility index (Phi) is 3.06. The highest BCUT2D eigenvalue weighted by atomic mass is 16.1. The van der Waals surface area contributed by atoms with E-state index in [-0.39, 0.29) is 5.91 Å². The number of fused-ring (bicyclic) bond motifs is 1. The molecule has 0 radical (unpaired) electrons. The summed E-state index contributed by atoms with van der Waals surface area (Å²) in [4.78, 5) is 17.9. The number of pyridine rings is 1. The van der Waals surface area contributed by atoms with Crippen molar-refractivity contribution in [2.45, 2.75) is 26.2 Å². The molecule has 1 fully saturated rings. The van der Waals surface area contributed by atoms with E-state index in [0.29, 0.717) is 0 Å². The molecule has 1 amide bonds. The van der Waals surface area contributed by atoms with Crippen molar-refractivity contribution < 1.29 is 4.79 Å². The van der Waals surface area contributed by atoms with Crippen molar-refractivity contribution in [1.29, 1.82) is 0 Å². The summed E-state index contributed by atoms with van der Waals surface area (Å²) in [6, 6.07) is 0. The maximum Gasteiger partial charge on any atom is 0.221 e. The fraction of sp³-hybridized carbons (Fsp3) is 0.462. The smallest absolute Gasteiger partial charge is 0.221 e. The Morgan fingerprint density at radius 1 is 1.32 bits per heavy atom. The van der Waals surface area contributed by atoms with Crippen LogP contribution in [-0.2, 0) is 4.79 Å². The van der Waals surface area contributed by atoms with Gasteiger partial charge in [0.15, 0.2) is 5.65 Å². The van der Waals surface area contributed by atoms with Crippen molar-refractivity contribution >= 4 is 28.3 Å². The molecule has 0 spiro atoms. The molecule has 0 atom stereocenters. The Bertz CT molecular complexity index is 600. The van der Waals surface area contributed by atoms with Crippen LogP contribution >= 0.6 is 0 Å². The maximum atomic E-state index is 11.3. The maximum absolute atomic E-state index is 11.3. The average Bonchev–Trinajstić information content (AvgIpc) is 2.87. The summed E-state index contributed by atoms with van der Waals surface area (Å²) in [6.45, 7) is 3.54. The first-order chi connectivity index (χ1) is 9.25. The number of anilines is 2. The van der Waals surface area contributed by atoms with Gasteiger partial charge in [-0.15, -0.1) is 0 Å². The standard InChI is InChI=1S/C13H17N5O/c1-9(19)16-11-8-14-13-10(7-15-17-13)12(11)18-5-3-2-4-6-18/h7-8H,2-6H2,1H3,(H,16,19)(H,14,15,17). The molecule has 0 unspecified atom stereocenters. The molecule has 100 valence electrons. The van der Waals surface area contributed by atoms with Crippen LogP contribution in [0, 0.1) is 0 Å². The number of amides is 1. The summed E-state index contributed by atoms with van der Waals surface area (Å²) in [5.74, 6) is -0.0806. The normalized spacial score (nSPS) is 15.7. The average molecular weight is 259 g/mol. The zero-order chi connectivity index (χ0) is 13.2. The van der Waals surface area contributed by atoms with Gasteiger partial charge in [0.25, 0.3) is 0 Å². The minimum atomic E-state index is -0.0806. The van der Waals surface area contributed by atoms with E-state index in [1.165, 1.54) is 26.2 Å². The Balaban J connectivity index is 2.10. The number of hydrogen-bond donors (Lipinski definition) is 2. The van der Waals surface area contributed by atoms with Gasteiger partial charge in [-0.1, -0.05) is 0 Å². The lowest BCUT2D eigenvalue weighted by atomic mass is 10.1. The fourth-order valence-corrected chi connectivity index (χ4v) is 2.63. The van der Waals surface area contributed by atoms with E-state index >= 15 is 0 Å². The van der Waals surface area contributed by atoms with Gasteiger partial charge in [0, 0.05) is 20.0 Å². The largest absolute Gasteiger partial charge is 0.369 e. The molecule has 1 saturated heterocycles. The van der Waals surface area contributed by atoms with Gasteiger partial charge in [0.2, 0.25) is 5.91 Å². The van der Waals surface area contributed by atoms with Crippen molar-refractivity contribution in [2.75, 3.05) is 23.3 Å². The van der Waals surface area contributed by atoms with Gasteiger partial charge < -0.3 is 10.2 Å². The highest BCUT2D eigenvalue weighted by Crippen LogP contribution is 2.34. The number of nitrogens with one attached hydrogen (secondary N) is 2. The van der Waals surface area contributed by atoms with Crippen molar-refractivity contribution in [3.05, 3.63) is 12.4 Å². The molecule has 3 rings (SSSR count). The summed E-state index contributed by atoms with van der Waals surface area (Å²) in [5, 5.41) is 10.8. The number of H-pyrrole nitrogens is 1. The minimum absolute atomic E-state index is 0.0806. The quantitative estimate of drug-likeness (QED) is 0.864. The van der Waals surface area contributed by atoms with Gasteiger partial charge in [-0.25, -0.2) is 4.98 Å². The van der Waals surface area contributed by atoms with Crippen LogP contribution in [0.4, 0.5) is 11.4 Å². The van der Waals surface area contributed by atoms with Crippen LogP contribution < -0.4 is 10.2 Å². The van der Waals surface area contributed by atoms with Crippen LogP contribution in [0.25, 0.3) is 11.0 Å². The van der Waals surface area contributed by atoms with Crippen molar-refractivity contribution in [1.82, 2.24) is 15.2 Å². The van der Waals surface area contributed by atoms with E-state index in [9.17, 15) is 4.79 Å². The first kappa shape index (κ1) is 12.0. The van der Waals surface area contributed by atoms with E-state index in [0.717, 1.165) is 35.5 Å². The molecule has 0 saturated carbocycles. The molecule has 6 heteroatoms. The van der Waals surface area contributed by atoms with Crippen LogP contribution in [0.5, 0.6) is 0 Å². The monoisotopic (exact) mass is 259 g/mol. The number of piperidine rings is 1. The van der Waals surface area contributed by atoms with Crippen LogP contribution in [0.2, 0.25) is 0 Å². The molecular weight excluding hydrogens is 242 g/mol. The second-order valence-corrected chi connectivity index (χ2v) is 4.88. The van der Waals surface area contributed by atoms with Crippen LogP contribution in [0.1, 0.15) is 26.2 Å². The highest BCUT2D eigenvalue weighted by molar-refractivity contribution is 6.01. The number of hydrogen-bond acceptors (Lipinski definition) is 4. The molecule has 3 heterocycles. The minimum Gasteiger partial charge on any atom is -0.369 e. The Labute approximate surface area is 111 Å². The first-order valence-electron chi connectivity index (χ1n) is 6.60. The van der Waals surface area contributed by atoms with E-state index in [4.69, 9.17) is 0 Å². The number of nitrogens with zero attached hydrogens (tertiary/aromatic N) is 3. The summed E-state index contributed by atoms with van der Waals surface area (Å²) in [6.07, 6.45) is 7.11. The third-order valence-corrected chi connectivity index (χ3v) is 3.44. The number of aromatic amines is 1. The molecule has 2 N–H and O–H groups in total. The third-order valence-electron chi connectivity index (χ3n) is 3.44. The number of rotatable bonds is 2. The predicted molar refractivity (Wildman–Crippen MR) is 74.3 cm³/mol. The highest BCUT2D eigenvalue weighted by Gasteiger charge is 2.19. The SMILES string of the molecule is CC(=O)Nc1cnc2[nH]ncc2c1N1CCCCC1. The summed E-state index contributed by atoms with van der Waals surface area (Å²) in [5.41, 5.74) is 2.56. The van der Waals surface area contributed by atoms with Gasteiger partial charge in [-0.2, -0.15) is 5.10 Å². The summed E-state index contributed by atoms with van der Waals surface area (Å²) >= 11 is 0. The number of carbonyl (C=O) groups is 1. The van der Waals surface area contributed by atoms with Gasteiger partial charge in [0.1, 0.15) is 0 Å². The van der Waals surface area contributed by atoms with E-state index in [1.54, 1.807) is 12.4 Å². The van der Waals surface area contributed by atoms with Gasteiger partial charge in [0.05, 0.1) is 29.2 Å². The summed E-state index contributed by atoms with van der Waals surface area (Å²) in [7, 11) is 0. The van der Waals surface area contributed by atoms with E-state index in [2.05, 4.69) is 25.4 Å². The molecule has 0 aliphatic carbocycles. The Morgan fingerprint density at radius 2 is 2.11 bits per heavy atom. The van der Waals surface area contributed by atoms with E-state index in [1.807, 2.05) is 0 Å². The van der Waals surface area contributed by atoms with E-state index < -0.39 is 0 Å². The van der Waals surface area contributed by atoms with Crippen molar-refractivity contribution in [3.8, 4) is 0 Å². The van der Waals surface area contributed by atoms with Gasteiger partial charge >= 0.3 is 0 Å². The first-order valence-corrected chi connectivity index (χ1v) is 6.60. The molecule has 1 aliphatic heterocycles. The molecular formula is C13H17N5O. The van der Waals surface area contributed by atoms with Crippen molar-refractivity contribution in [2.24, 2.45) is 0 Å². The fourth-order valence-electron chi connectivity index (χ4n) is 2.63. The molecule has 1 aliphatic rings. The van der Waals surface area contributed by atoms with Crippen LogP contribution in [0.15, 0.2) is 12.4 Å². The zero-order valence-corrected chi connectivity index (χ0v) is 10.9. The zero-order valence-electron chi connectivity index (χ0n) is 10.9. The summed E-state index contributed by atoms with van der Waals surface area (Å²) < 4.78 is 0. The molecule has 0 aromatic carbocycles. The molecule has 2 aromatic rings. The third kappa shape index (κ3) is 2.25. The second kappa shape index (κ2) is 4.87. The van der Waals surface area contributed by atoms with Crippen LogP contribution in [0.3, 0.4) is 0 Å². The molecule has 0 bridgehead atoms. The van der Waals surface area contributed by atoms with Crippen LogP contribution in [-0.4, -0.2) is 34.2 Å². The number of carbonyl (C=O) groups excluding carboxylic acids is 1.